The Labute approximate surface area is 121 Å². The molecule has 0 radical (unpaired) electrons. The normalized spacial score (nSPS) is 19.4. The molecule has 112 valence electrons. The van der Waals surface area contributed by atoms with Crippen LogP contribution < -0.4 is 5.73 Å². The molecule has 7 nitrogen and oxygen atoms in total. The number of carbonyl (C=O) groups is 1. The number of methoxy groups -OCH3 is 1. The number of hydrogen-bond donors (Lipinski definition) is 2. The number of carboxylic acids is 1. The van der Waals surface area contributed by atoms with Gasteiger partial charge in [0.1, 0.15) is 11.1 Å². The summed E-state index contributed by atoms with van der Waals surface area (Å²) >= 11 is 0. The zero-order valence-electron chi connectivity index (χ0n) is 11.7. The van der Waals surface area contributed by atoms with E-state index in [9.17, 15) is 4.79 Å². The molecule has 1 atom stereocenters. The fraction of sp³-hybridized carbons (Fsp3) is 0.429. The highest BCUT2D eigenvalue weighted by molar-refractivity contribution is 6.05. The van der Waals surface area contributed by atoms with Crippen LogP contribution >= 0.6 is 0 Å². The lowest BCUT2D eigenvalue weighted by Gasteiger charge is -2.15. The van der Waals surface area contributed by atoms with Crippen molar-refractivity contribution in [1.82, 2.24) is 9.88 Å². The fourth-order valence-electron chi connectivity index (χ4n) is 2.72. The molecule has 2 aromatic heterocycles. The van der Waals surface area contributed by atoms with Crippen LogP contribution in [0.4, 0.5) is 5.88 Å². The molecule has 3 rings (SSSR count). The second-order valence-electron chi connectivity index (χ2n) is 5.22. The molecule has 3 N–H and O–H groups in total. The number of pyridine rings is 1. The smallest absolute Gasteiger partial charge is 0.343 e. The molecule has 1 aliphatic rings. The number of nitrogens with zero attached hydrogens (tertiary/aromatic N) is 2. The molecule has 0 aromatic carbocycles. The van der Waals surface area contributed by atoms with Gasteiger partial charge >= 0.3 is 5.97 Å². The average molecular weight is 291 g/mol. The highest BCUT2D eigenvalue weighted by Gasteiger charge is 2.23. The van der Waals surface area contributed by atoms with Crippen molar-refractivity contribution >= 4 is 23.0 Å². The van der Waals surface area contributed by atoms with Crippen molar-refractivity contribution in [3.8, 4) is 0 Å². The second kappa shape index (κ2) is 5.34. The van der Waals surface area contributed by atoms with Crippen molar-refractivity contribution in [3.63, 3.8) is 0 Å². The van der Waals surface area contributed by atoms with Gasteiger partial charge in [-0.25, -0.2) is 4.79 Å². The summed E-state index contributed by atoms with van der Waals surface area (Å²) in [5, 5.41) is 9.11. The lowest BCUT2D eigenvalue weighted by Crippen LogP contribution is -2.22. The Morgan fingerprint density at radius 3 is 3.14 bits per heavy atom. The Kier molecular flexibility index (Phi) is 3.52. The number of fused-ring (bicyclic) bond motifs is 1. The number of likely N-dealkylation sites (tertiary alicyclic amines) is 1. The largest absolute Gasteiger partial charge is 0.477 e. The van der Waals surface area contributed by atoms with Crippen molar-refractivity contribution in [2.24, 2.45) is 0 Å². The summed E-state index contributed by atoms with van der Waals surface area (Å²) in [6, 6.07) is 1.80. The van der Waals surface area contributed by atoms with Crippen LogP contribution in [0.2, 0.25) is 0 Å². The molecule has 0 spiro atoms. The Morgan fingerprint density at radius 1 is 1.67 bits per heavy atom. The van der Waals surface area contributed by atoms with E-state index in [1.54, 1.807) is 19.4 Å². The first-order chi connectivity index (χ1) is 10.1. The van der Waals surface area contributed by atoms with Gasteiger partial charge in [-0.2, -0.15) is 0 Å². The Morgan fingerprint density at radius 2 is 2.48 bits per heavy atom. The van der Waals surface area contributed by atoms with E-state index >= 15 is 0 Å². The van der Waals surface area contributed by atoms with Gasteiger partial charge in [0.05, 0.1) is 6.10 Å². The highest BCUT2D eigenvalue weighted by Crippen LogP contribution is 2.27. The number of furan rings is 1. The van der Waals surface area contributed by atoms with Gasteiger partial charge in [0.25, 0.3) is 0 Å². The number of carboxylic acid groups (broad SMARTS) is 1. The van der Waals surface area contributed by atoms with E-state index in [0.29, 0.717) is 11.1 Å². The van der Waals surface area contributed by atoms with E-state index < -0.39 is 5.97 Å². The van der Waals surface area contributed by atoms with Crippen LogP contribution in [0.5, 0.6) is 0 Å². The molecular weight excluding hydrogens is 274 g/mol. The first-order valence-electron chi connectivity index (χ1n) is 6.74. The predicted molar refractivity (Wildman–Crippen MR) is 76.1 cm³/mol. The number of aromatic carboxylic acids is 1. The van der Waals surface area contributed by atoms with Gasteiger partial charge in [0, 0.05) is 32.9 Å². The van der Waals surface area contributed by atoms with Crippen molar-refractivity contribution in [2.45, 2.75) is 19.1 Å². The van der Waals surface area contributed by atoms with Crippen LogP contribution in [0.25, 0.3) is 11.1 Å². The average Bonchev–Trinajstić information content (AvgIpc) is 3.01. The van der Waals surface area contributed by atoms with Crippen LogP contribution in [-0.2, 0) is 11.3 Å². The number of ether oxygens (including phenoxy) is 1. The molecule has 7 heteroatoms. The van der Waals surface area contributed by atoms with Crippen molar-refractivity contribution in [1.29, 1.82) is 0 Å². The molecule has 21 heavy (non-hydrogen) atoms. The van der Waals surface area contributed by atoms with Crippen LogP contribution in [0.15, 0.2) is 16.7 Å². The third-order valence-electron chi connectivity index (χ3n) is 3.79. The molecule has 1 fully saturated rings. The molecule has 1 saturated heterocycles. The fourth-order valence-corrected chi connectivity index (χ4v) is 2.72. The van der Waals surface area contributed by atoms with E-state index in [-0.39, 0.29) is 17.6 Å². The lowest BCUT2D eigenvalue weighted by molar-refractivity contribution is 0.0699. The van der Waals surface area contributed by atoms with E-state index in [4.69, 9.17) is 20.0 Å². The van der Waals surface area contributed by atoms with E-state index in [0.717, 1.165) is 31.6 Å². The molecule has 0 bridgehead atoms. The molecule has 0 aliphatic carbocycles. The zero-order valence-corrected chi connectivity index (χ0v) is 11.7. The Hall–Kier alpha value is -2.12. The van der Waals surface area contributed by atoms with Gasteiger partial charge in [0.15, 0.2) is 5.58 Å². The van der Waals surface area contributed by atoms with E-state index in [1.807, 2.05) is 0 Å². The van der Waals surface area contributed by atoms with Gasteiger partial charge in [-0.15, -0.1) is 0 Å². The third-order valence-corrected chi connectivity index (χ3v) is 3.79. The summed E-state index contributed by atoms with van der Waals surface area (Å²) in [5.74, 6) is -1.24. The Balaban J connectivity index is 1.84. The molecule has 0 amide bonds. The summed E-state index contributed by atoms with van der Waals surface area (Å²) in [7, 11) is 1.72. The number of nitrogens with two attached hydrogens (primary N) is 1. The summed E-state index contributed by atoms with van der Waals surface area (Å²) < 4.78 is 10.6. The third kappa shape index (κ3) is 2.57. The van der Waals surface area contributed by atoms with Gasteiger partial charge in [-0.05, 0) is 18.1 Å². The summed E-state index contributed by atoms with van der Waals surface area (Å²) in [6.07, 6.45) is 2.96. The molecule has 1 aliphatic heterocycles. The van der Waals surface area contributed by atoms with E-state index in [1.165, 1.54) is 0 Å². The van der Waals surface area contributed by atoms with E-state index in [2.05, 4.69) is 9.88 Å². The van der Waals surface area contributed by atoms with Crippen molar-refractivity contribution in [3.05, 3.63) is 23.4 Å². The molecule has 1 unspecified atom stereocenters. The quantitative estimate of drug-likeness (QED) is 0.876. The number of anilines is 1. The summed E-state index contributed by atoms with van der Waals surface area (Å²) in [4.78, 5) is 17.6. The van der Waals surface area contributed by atoms with Crippen molar-refractivity contribution < 1.29 is 19.1 Å². The maximum atomic E-state index is 11.1. The van der Waals surface area contributed by atoms with Crippen LogP contribution in [0, 0.1) is 0 Å². The number of hydrogen-bond acceptors (Lipinski definition) is 6. The zero-order chi connectivity index (χ0) is 15.0. The van der Waals surface area contributed by atoms with Gasteiger partial charge in [0.2, 0.25) is 5.88 Å². The SMILES string of the molecule is COC1CCN(Cc2cnc3c(C(=O)O)c(N)oc3c2)C1. The lowest BCUT2D eigenvalue weighted by atomic mass is 10.2. The maximum absolute atomic E-state index is 11.1. The first-order valence-corrected chi connectivity index (χ1v) is 6.74. The molecular formula is C14H17N3O4. The monoisotopic (exact) mass is 291 g/mol. The minimum absolute atomic E-state index is 0.0721. The topological polar surface area (TPSA) is 102 Å². The molecule has 2 aromatic rings. The number of rotatable bonds is 4. The second-order valence-corrected chi connectivity index (χ2v) is 5.22. The van der Waals surface area contributed by atoms with Gasteiger partial charge < -0.3 is 20.0 Å². The predicted octanol–water partition coefficient (Wildman–Crippen LogP) is 1.33. The van der Waals surface area contributed by atoms with Crippen molar-refractivity contribution in [2.75, 3.05) is 25.9 Å². The molecule has 3 heterocycles. The minimum Gasteiger partial charge on any atom is -0.477 e. The van der Waals surface area contributed by atoms with Crippen LogP contribution in [0.3, 0.4) is 0 Å². The Bertz CT molecular complexity index is 682. The summed E-state index contributed by atoms with van der Waals surface area (Å²) in [5.41, 5.74) is 7.18. The van der Waals surface area contributed by atoms with Crippen LogP contribution in [0.1, 0.15) is 22.3 Å². The number of nitrogen functional groups attached to an aromatic ring is 1. The standard InChI is InChI=1S/C14H17N3O4/c1-20-9-2-3-17(7-9)6-8-4-10-12(16-5-8)11(14(18)19)13(15)21-10/h4-5,9H,2-3,6-7,15H2,1H3,(H,18,19). The number of aromatic nitrogens is 1. The minimum atomic E-state index is -1.13. The highest BCUT2D eigenvalue weighted by atomic mass is 16.5. The first kappa shape index (κ1) is 13.8. The van der Waals surface area contributed by atoms with Crippen LogP contribution in [-0.4, -0.2) is 47.3 Å². The van der Waals surface area contributed by atoms with Gasteiger partial charge in [-0.1, -0.05) is 0 Å². The maximum Gasteiger partial charge on any atom is 0.343 e. The molecule has 0 saturated carbocycles. The van der Waals surface area contributed by atoms with Gasteiger partial charge in [-0.3, -0.25) is 9.88 Å². The summed E-state index contributed by atoms with van der Waals surface area (Å²) in [6.45, 7) is 2.58.